The van der Waals surface area contributed by atoms with Gasteiger partial charge < -0.3 is 9.80 Å². The van der Waals surface area contributed by atoms with Crippen LogP contribution in [-0.4, -0.2) is 16.2 Å². The molecule has 1 aliphatic rings. The molecule has 63 heavy (non-hydrogen) atoms. The summed E-state index contributed by atoms with van der Waals surface area (Å²) in [7, 11) is 0. The molecule has 0 saturated carbocycles. The van der Waals surface area contributed by atoms with Gasteiger partial charge in [-0.25, -0.2) is 4.98 Å². The van der Waals surface area contributed by atoms with Gasteiger partial charge in [-0.1, -0.05) is 163 Å². The summed E-state index contributed by atoms with van der Waals surface area (Å²) in [6.07, 6.45) is 1.72. The molecule has 7 aromatic carbocycles. The number of pyridine rings is 1. The lowest BCUT2D eigenvalue weighted by molar-refractivity contribution is 0.0428. The van der Waals surface area contributed by atoms with Gasteiger partial charge in [-0.2, -0.15) is 8.78 Å². The monoisotopic (exact) mass is 841 g/mol. The number of halogens is 2. The molecule has 0 atom stereocenters. The molecule has 0 bridgehead atoms. The van der Waals surface area contributed by atoms with Crippen LogP contribution in [0.1, 0.15) is 81.6 Å². The lowest BCUT2D eigenvalue weighted by Gasteiger charge is -2.29. The van der Waals surface area contributed by atoms with Gasteiger partial charge in [0.15, 0.2) is 0 Å². The van der Waals surface area contributed by atoms with Crippen molar-refractivity contribution < 1.29 is 26.6 Å². The molecule has 0 spiro atoms. The highest BCUT2D eigenvalue weighted by molar-refractivity contribution is 6.09. The summed E-state index contributed by atoms with van der Waals surface area (Å²) >= 11 is 0. The fourth-order valence-corrected chi connectivity index (χ4v) is 8.38. The van der Waals surface area contributed by atoms with Crippen molar-refractivity contribution in [2.45, 2.75) is 58.3 Å². The van der Waals surface area contributed by atoms with Crippen molar-refractivity contribution in [3.8, 4) is 28.1 Å². The van der Waals surface area contributed by atoms with E-state index in [-0.39, 0.29) is 34.6 Å². The minimum absolute atomic E-state index is 0.224. The lowest BCUT2D eigenvalue weighted by atomic mass is 9.84. The third-order valence-electron chi connectivity index (χ3n) is 11.7. The van der Waals surface area contributed by atoms with Crippen molar-refractivity contribution in [1.29, 1.82) is 0 Å². The van der Waals surface area contributed by atoms with Crippen molar-refractivity contribution in [2.75, 3.05) is 16.5 Å². The summed E-state index contributed by atoms with van der Waals surface area (Å²) in [5.74, 6) is -3.05. The molecule has 6 heteroatoms. The zero-order valence-electron chi connectivity index (χ0n) is 48.6. The van der Waals surface area contributed by atoms with E-state index < -0.39 is 112 Å². The van der Waals surface area contributed by atoms with E-state index >= 15 is 8.78 Å². The molecule has 0 N–H and O–H groups in total. The van der Waals surface area contributed by atoms with E-state index in [2.05, 4.69) is 20.8 Å². The first-order chi connectivity index (χ1) is 35.7. The minimum atomic E-state index is -3.63. The van der Waals surface area contributed by atoms with Gasteiger partial charge >= 0.3 is 0 Å². The van der Waals surface area contributed by atoms with E-state index in [0.29, 0.717) is 28.3 Å². The quantitative estimate of drug-likeness (QED) is 0.160. The average molecular weight is 842 g/mol. The number of rotatable bonds is 7. The second-order valence-corrected chi connectivity index (χ2v) is 17.8. The van der Waals surface area contributed by atoms with E-state index in [1.165, 1.54) is 29.2 Å². The SMILES string of the molecule is [2H]c1c([2H])c([2H])c(-c2c([2H])c([2H])c([2H])c(-c3c([2H])c([2H])c([2H])c([2H])c3[2H])c2N2CN(c3cc(C(C)(C)C)cc(C(F)(F)c4ccc5c6ccccc6n(-c6cc(C(C)(C)C)ccn6)c5c4)c3)c3ccccc32)c([2H])c1[2H]. The van der Waals surface area contributed by atoms with E-state index in [4.69, 9.17) is 20.1 Å². The Labute approximate surface area is 387 Å². The molecule has 2 aromatic heterocycles. The number of nitrogens with zero attached hydrogens (tertiary/aromatic N) is 4. The number of anilines is 4. The highest BCUT2D eigenvalue weighted by Crippen LogP contribution is 2.51. The van der Waals surface area contributed by atoms with Crippen LogP contribution in [0.2, 0.25) is 0 Å². The molecule has 0 radical (unpaired) electrons. The Balaban J connectivity index is 1.21. The summed E-state index contributed by atoms with van der Waals surface area (Å²) in [4.78, 5) is 7.95. The molecule has 0 aliphatic carbocycles. The Kier molecular flexibility index (Phi) is 6.66. The van der Waals surface area contributed by atoms with Gasteiger partial charge in [0.1, 0.15) is 12.5 Å². The van der Waals surface area contributed by atoms with E-state index in [1.54, 1.807) is 47.5 Å². The van der Waals surface area contributed by atoms with Crippen LogP contribution in [0.5, 0.6) is 0 Å². The predicted octanol–water partition coefficient (Wildman–Crippen LogP) is 15.5. The third-order valence-corrected chi connectivity index (χ3v) is 11.7. The van der Waals surface area contributed by atoms with Crippen LogP contribution in [-0.2, 0) is 16.8 Å². The van der Waals surface area contributed by atoms with Gasteiger partial charge in [0, 0.05) is 44.9 Å². The number of aromatic nitrogens is 2. The van der Waals surface area contributed by atoms with Crippen LogP contribution in [0.4, 0.5) is 31.5 Å². The molecular weight excluding hydrogens is 779 g/mol. The molecule has 10 rings (SSSR count). The van der Waals surface area contributed by atoms with Crippen LogP contribution in [0.25, 0.3) is 49.9 Å². The Bertz CT molecular complexity index is 3780. The molecule has 0 amide bonds. The first-order valence-electron chi connectivity index (χ1n) is 27.1. The maximum Gasteiger partial charge on any atom is 0.298 e. The number of hydrogen-bond acceptors (Lipinski definition) is 3. The summed E-state index contributed by atoms with van der Waals surface area (Å²) in [5.41, 5.74) is 0.0719. The summed E-state index contributed by atoms with van der Waals surface area (Å²) < 4.78 is 154. The number of para-hydroxylation sites is 4. The van der Waals surface area contributed by atoms with Crippen LogP contribution < -0.4 is 9.80 Å². The molecule has 0 saturated heterocycles. The van der Waals surface area contributed by atoms with Gasteiger partial charge in [0.2, 0.25) is 0 Å². The first kappa shape index (κ1) is 27.8. The summed E-state index contributed by atoms with van der Waals surface area (Å²) in [5, 5.41) is 1.62. The van der Waals surface area contributed by atoms with Crippen molar-refractivity contribution >= 4 is 44.6 Å². The van der Waals surface area contributed by atoms with Gasteiger partial charge in [-0.05, 0) is 87.7 Å². The zero-order chi connectivity index (χ0) is 55.0. The molecular formula is C57H50F2N4. The van der Waals surface area contributed by atoms with Crippen molar-refractivity contribution in [2.24, 2.45) is 0 Å². The number of alkyl halides is 2. The topological polar surface area (TPSA) is 24.3 Å². The number of hydrogen-bond donors (Lipinski definition) is 0. The van der Waals surface area contributed by atoms with Crippen LogP contribution in [0.3, 0.4) is 0 Å². The second kappa shape index (κ2) is 15.1. The van der Waals surface area contributed by atoms with Crippen molar-refractivity contribution in [3.05, 3.63) is 204 Å². The van der Waals surface area contributed by atoms with Crippen molar-refractivity contribution in [1.82, 2.24) is 9.55 Å². The normalized spacial score (nSPS) is 16.2. The third kappa shape index (κ3) is 7.04. The van der Waals surface area contributed by atoms with Gasteiger partial charge in [-0.3, -0.25) is 4.57 Å². The minimum Gasteiger partial charge on any atom is -0.321 e. The van der Waals surface area contributed by atoms with E-state index in [0.717, 1.165) is 21.9 Å². The van der Waals surface area contributed by atoms with Crippen LogP contribution in [0.15, 0.2) is 182 Å². The molecule has 4 nitrogen and oxygen atoms in total. The smallest absolute Gasteiger partial charge is 0.298 e. The van der Waals surface area contributed by atoms with Crippen LogP contribution >= 0.6 is 0 Å². The average Bonchev–Trinajstić information content (AvgIpc) is 3.98. The lowest BCUT2D eigenvalue weighted by Crippen LogP contribution is -2.26. The number of fused-ring (bicyclic) bond motifs is 4. The van der Waals surface area contributed by atoms with E-state index in [1.807, 2.05) is 61.7 Å². The summed E-state index contributed by atoms with van der Waals surface area (Å²) in [6.45, 7) is 11.6. The predicted molar refractivity (Wildman–Crippen MR) is 258 cm³/mol. The fraction of sp³-hybridized carbons (Fsp3) is 0.175. The summed E-state index contributed by atoms with van der Waals surface area (Å²) in [6, 6.07) is 17.8. The standard InChI is InChI=1S/C57H50F2N4/c1-55(2,3)40-30-31-60-53(36-40)63-49-25-14-13-22-47(49)48-29-28-41(35-52(48)63)57(58,59)43-32-42(56(4,5)6)33-44(34-43)61-37-62(51-27-16-15-26-50(51)61)54-45(38-18-9-7-10-19-38)23-17-24-46(54)39-20-11-8-12-21-39/h7-36H,37H2,1-6H3/i7D,8D,9D,10D,11D,12D,17D,18D,19D,20D,21D,23D,24D. The Morgan fingerprint density at radius 3 is 1.76 bits per heavy atom. The maximum atomic E-state index is 18.0. The first-order valence-corrected chi connectivity index (χ1v) is 20.6. The Hall–Kier alpha value is -7.05. The highest BCUT2D eigenvalue weighted by atomic mass is 19.3. The van der Waals surface area contributed by atoms with Gasteiger partial charge in [0.25, 0.3) is 5.92 Å². The number of benzene rings is 7. The largest absolute Gasteiger partial charge is 0.321 e. The molecule has 0 fully saturated rings. The maximum absolute atomic E-state index is 18.0. The Morgan fingerprint density at radius 2 is 1.11 bits per heavy atom. The Morgan fingerprint density at radius 1 is 0.524 bits per heavy atom. The van der Waals surface area contributed by atoms with Crippen LogP contribution in [0, 0.1) is 0 Å². The molecule has 3 heterocycles. The highest BCUT2D eigenvalue weighted by Gasteiger charge is 2.38. The molecule has 9 aromatic rings. The molecule has 312 valence electrons. The van der Waals surface area contributed by atoms with Gasteiger partial charge in [0.05, 0.1) is 45.9 Å². The fourth-order valence-electron chi connectivity index (χ4n) is 8.38. The van der Waals surface area contributed by atoms with Gasteiger partial charge in [-0.15, -0.1) is 0 Å². The molecule has 0 unspecified atom stereocenters. The molecule has 1 aliphatic heterocycles. The van der Waals surface area contributed by atoms with E-state index in [9.17, 15) is 2.74 Å². The second-order valence-electron chi connectivity index (χ2n) is 17.8. The van der Waals surface area contributed by atoms with Crippen molar-refractivity contribution in [3.63, 3.8) is 0 Å². The zero-order valence-corrected chi connectivity index (χ0v) is 35.6.